The van der Waals surface area contributed by atoms with Gasteiger partial charge in [0.25, 0.3) is 10.0 Å². The molecular weight excluding hydrogens is 362 g/mol. The molecule has 2 fully saturated rings. The summed E-state index contributed by atoms with van der Waals surface area (Å²) in [7, 11) is -1.91. The molecule has 1 aliphatic carbocycles. The van der Waals surface area contributed by atoms with Gasteiger partial charge >= 0.3 is 0 Å². The first-order chi connectivity index (χ1) is 13.0. The summed E-state index contributed by atoms with van der Waals surface area (Å²) < 4.78 is 28.4. The summed E-state index contributed by atoms with van der Waals surface area (Å²) in [4.78, 5) is 17.0. The van der Waals surface area contributed by atoms with Crippen LogP contribution < -0.4 is 0 Å². The second-order valence-corrected chi connectivity index (χ2v) is 9.51. The third-order valence-corrected chi connectivity index (χ3v) is 7.49. The maximum atomic E-state index is 13.0. The highest BCUT2D eigenvalue weighted by Crippen LogP contribution is 2.34. The molecule has 0 unspecified atom stereocenters. The van der Waals surface area contributed by atoms with Crippen molar-refractivity contribution in [3.63, 3.8) is 0 Å². The second-order valence-electron chi connectivity index (χ2n) is 7.94. The van der Waals surface area contributed by atoms with Crippen LogP contribution in [0.1, 0.15) is 50.5 Å². The Kier molecular flexibility index (Phi) is 4.97. The Bertz CT molecular complexity index is 859. The smallest absolute Gasteiger partial charge is 0.285 e. The zero-order valence-electron chi connectivity index (χ0n) is 15.8. The van der Waals surface area contributed by atoms with Gasteiger partial charge in [-0.1, -0.05) is 31.4 Å². The minimum atomic E-state index is -3.66. The summed E-state index contributed by atoms with van der Waals surface area (Å²) >= 11 is 0. The Balaban J connectivity index is 1.48. The lowest BCUT2D eigenvalue weighted by atomic mass is 9.83. The van der Waals surface area contributed by atoms with E-state index in [9.17, 15) is 13.2 Å². The van der Waals surface area contributed by atoms with Crippen molar-refractivity contribution < 1.29 is 13.2 Å². The molecule has 0 spiro atoms. The third-order valence-electron chi connectivity index (χ3n) is 6.16. The Hall–Kier alpha value is -1.89. The van der Waals surface area contributed by atoms with Gasteiger partial charge in [-0.3, -0.25) is 4.79 Å². The van der Waals surface area contributed by atoms with Gasteiger partial charge in [-0.15, -0.1) is 4.40 Å². The van der Waals surface area contributed by atoms with Crippen molar-refractivity contribution >= 4 is 21.8 Å². The predicted molar refractivity (Wildman–Crippen MR) is 104 cm³/mol. The van der Waals surface area contributed by atoms with Crippen LogP contribution in [0.3, 0.4) is 0 Å². The summed E-state index contributed by atoms with van der Waals surface area (Å²) in [6.45, 7) is 0.973. The van der Waals surface area contributed by atoms with Crippen molar-refractivity contribution in [1.29, 1.82) is 0 Å². The van der Waals surface area contributed by atoms with Gasteiger partial charge in [-0.25, -0.2) is 0 Å². The van der Waals surface area contributed by atoms with Gasteiger partial charge in [0, 0.05) is 25.2 Å². The number of amides is 1. The fourth-order valence-corrected chi connectivity index (χ4v) is 6.10. The van der Waals surface area contributed by atoms with Crippen molar-refractivity contribution in [2.24, 2.45) is 10.3 Å². The molecule has 4 rings (SSSR count). The summed E-state index contributed by atoms with van der Waals surface area (Å²) in [5.41, 5.74) is 0.582. The molecule has 2 heterocycles. The normalized spacial score (nSPS) is 24.6. The molecule has 2 aliphatic heterocycles. The molecule has 1 aromatic rings. The molecule has 27 heavy (non-hydrogen) atoms. The van der Waals surface area contributed by atoms with Crippen LogP contribution in [0, 0.1) is 5.92 Å². The average Bonchev–Trinajstić information content (AvgIpc) is 3.26. The molecule has 6 nitrogen and oxygen atoms in total. The topological polar surface area (TPSA) is 70.1 Å². The fraction of sp³-hybridized carbons (Fsp3) is 0.600. The Morgan fingerprint density at radius 1 is 1.15 bits per heavy atom. The molecule has 0 radical (unpaired) electrons. The maximum Gasteiger partial charge on any atom is 0.285 e. The Morgan fingerprint density at radius 2 is 1.89 bits per heavy atom. The Morgan fingerprint density at radius 3 is 2.67 bits per heavy atom. The van der Waals surface area contributed by atoms with Crippen LogP contribution in [0.25, 0.3) is 0 Å². The van der Waals surface area contributed by atoms with E-state index in [0.717, 1.165) is 19.4 Å². The number of carbonyl (C=O) groups is 1. The van der Waals surface area contributed by atoms with Crippen LogP contribution in [0.15, 0.2) is 33.6 Å². The minimum Gasteiger partial charge on any atom is -0.349 e. The van der Waals surface area contributed by atoms with E-state index in [1.807, 2.05) is 4.90 Å². The van der Waals surface area contributed by atoms with Crippen LogP contribution >= 0.6 is 0 Å². The predicted octanol–water partition coefficient (Wildman–Crippen LogP) is 2.64. The molecule has 1 aromatic carbocycles. The van der Waals surface area contributed by atoms with Crippen molar-refractivity contribution in [1.82, 2.24) is 9.80 Å². The first kappa shape index (κ1) is 18.5. The maximum absolute atomic E-state index is 13.0. The van der Waals surface area contributed by atoms with Crippen molar-refractivity contribution in [3.05, 3.63) is 29.8 Å². The molecule has 0 N–H and O–H groups in total. The minimum absolute atomic E-state index is 0.0788. The average molecular weight is 390 g/mol. The lowest BCUT2D eigenvalue weighted by Gasteiger charge is -2.35. The number of likely N-dealkylation sites (N-methyl/N-ethyl adjacent to an activating group) is 1. The third kappa shape index (κ3) is 3.49. The number of benzene rings is 1. The van der Waals surface area contributed by atoms with E-state index in [0.29, 0.717) is 23.4 Å². The lowest BCUT2D eigenvalue weighted by Crippen LogP contribution is -2.46. The van der Waals surface area contributed by atoms with E-state index < -0.39 is 10.0 Å². The number of hydrogen-bond acceptors (Lipinski definition) is 4. The van der Waals surface area contributed by atoms with E-state index >= 15 is 0 Å². The zero-order valence-corrected chi connectivity index (χ0v) is 16.6. The molecule has 146 valence electrons. The highest BCUT2D eigenvalue weighted by Gasteiger charge is 2.36. The molecule has 1 saturated heterocycles. The van der Waals surface area contributed by atoms with Crippen LogP contribution in [0.2, 0.25) is 0 Å². The van der Waals surface area contributed by atoms with E-state index in [1.54, 1.807) is 36.2 Å². The number of likely N-dealkylation sites (tertiary alicyclic amines) is 1. The van der Waals surface area contributed by atoms with E-state index in [4.69, 9.17) is 0 Å². The SMILES string of the molecule is CN(CC(=O)N1CCC[C@@H]1C1CCCCC1)C1=NS(=O)(=O)c2ccccc21. The Labute approximate surface area is 161 Å². The number of nitrogens with zero attached hydrogens (tertiary/aromatic N) is 3. The monoisotopic (exact) mass is 389 g/mol. The van der Waals surface area contributed by atoms with Gasteiger partial charge < -0.3 is 9.80 Å². The lowest BCUT2D eigenvalue weighted by molar-refractivity contribution is -0.133. The van der Waals surface area contributed by atoms with Crippen molar-refractivity contribution in [2.45, 2.75) is 55.9 Å². The van der Waals surface area contributed by atoms with E-state index in [-0.39, 0.29) is 17.3 Å². The fourth-order valence-electron chi connectivity index (χ4n) is 4.84. The highest BCUT2D eigenvalue weighted by atomic mass is 32.2. The standard InChI is InChI=1S/C20H27N3O3S/c1-22(20-16-10-5-6-12-18(16)27(25,26)21-20)14-19(24)23-13-7-11-17(23)15-8-3-2-4-9-15/h5-6,10,12,15,17H,2-4,7-9,11,13-14H2,1H3/t17-/m1/s1. The number of carbonyl (C=O) groups excluding carboxylic acids is 1. The highest BCUT2D eigenvalue weighted by molar-refractivity contribution is 7.90. The summed E-state index contributed by atoms with van der Waals surface area (Å²) in [6.07, 6.45) is 8.47. The van der Waals surface area contributed by atoms with Gasteiger partial charge in [0.2, 0.25) is 5.91 Å². The summed E-state index contributed by atoms with van der Waals surface area (Å²) in [5.74, 6) is 1.07. The molecule has 0 aromatic heterocycles. The molecule has 7 heteroatoms. The van der Waals surface area contributed by atoms with Gasteiger partial charge in [0.05, 0.1) is 6.54 Å². The first-order valence-electron chi connectivity index (χ1n) is 9.92. The van der Waals surface area contributed by atoms with E-state index in [1.165, 1.54) is 32.1 Å². The summed E-state index contributed by atoms with van der Waals surface area (Å²) in [6, 6.07) is 7.16. The number of hydrogen-bond donors (Lipinski definition) is 0. The van der Waals surface area contributed by atoms with Crippen LogP contribution in [-0.4, -0.2) is 56.1 Å². The molecule has 0 bridgehead atoms. The van der Waals surface area contributed by atoms with Gasteiger partial charge in [-0.05, 0) is 43.7 Å². The zero-order chi connectivity index (χ0) is 19.0. The quantitative estimate of drug-likeness (QED) is 0.797. The van der Waals surface area contributed by atoms with Gasteiger partial charge in [0.15, 0.2) is 5.84 Å². The van der Waals surface area contributed by atoms with E-state index in [2.05, 4.69) is 4.40 Å². The molecule has 1 atom stereocenters. The molecular formula is C20H27N3O3S. The largest absolute Gasteiger partial charge is 0.349 e. The molecule has 3 aliphatic rings. The molecule has 1 amide bonds. The number of sulfonamides is 1. The van der Waals surface area contributed by atoms with Crippen molar-refractivity contribution in [3.8, 4) is 0 Å². The second kappa shape index (κ2) is 7.26. The van der Waals surface area contributed by atoms with Crippen LogP contribution in [0.4, 0.5) is 0 Å². The van der Waals surface area contributed by atoms with Gasteiger partial charge in [-0.2, -0.15) is 8.42 Å². The van der Waals surface area contributed by atoms with Crippen LogP contribution in [-0.2, 0) is 14.8 Å². The summed E-state index contributed by atoms with van der Waals surface area (Å²) in [5, 5.41) is 0. The van der Waals surface area contributed by atoms with Crippen molar-refractivity contribution in [2.75, 3.05) is 20.1 Å². The van der Waals surface area contributed by atoms with Gasteiger partial charge in [0.1, 0.15) is 4.90 Å². The first-order valence-corrected chi connectivity index (χ1v) is 11.4. The molecule has 1 saturated carbocycles. The number of amidine groups is 1. The number of rotatable bonds is 3. The van der Waals surface area contributed by atoms with Crippen LogP contribution in [0.5, 0.6) is 0 Å². The number of fused-ring (bicyclic) bond motifs is 1.